The highest BCUT2D eigenvalue weighted by Gasteiger charge is 2.11. The van der Waals surface area contributed by atoms with E-state index in [0.29, 0.717) is 17.2 Å². The van der Waals surface area contributed by atoms with Gasteiger partial charge in [-0.1, -0.05) is 29.3 Å². The van der Waals surface area contributed by atoms with Gasteiger partial charge in [-0.05, 0) is 18.2 Å². The summed E-state index contributed by atoms with van der Waals surface area (Å²) in [5, 5.41) is 3.07. The molecule has 0 saturated heterocycles. The summed E-state index contributed by atoms with van der Waals surface area (Å²) < 4.78 is 23.9. The number of amides is 1. The lowest BCUT2D eigenvalue weighted by Gasteiger charge is -2.11. The number of nitrogens with one attached hydrogen (secondary N) is 1. The molecule has 0 radical (unpaired) electrons. The van der Waals surface area contributed by atoms with Crippen LogP contribution in [0.4, 0.5) is 10.1 Å². The summed E-state index contributed by atoms with van der Waals surface area (Å²) in [6, 6.07) is 7.33. The zero-order valence-corrected chi connectivity index (χ0v) is 14.4. The Morgan fingerprint density at radius 2 is 1.79 bits per heavy atom. The van der Waals surface area contributed by atoms with E-state index in [1.807, 2.05) is 0 Å². The van der Waals surface area contributed by atoms with Crippen molar-refractivity contribution in [1.82, 2.24) is 0 Å². The molecule has 24 heavy (non-hydrogen) atoms. The van der Waals surface area contributed by atoms with E-state index in [1.54, 1.807) is 0 Å². The molecule has 1 N–H and O–H groups in total. The Labute approximate surface area is 148 Å². The molecule has 2 aromatic carbocycles. The number of anilines is 1. The number of carbonyl (C=O) groups is 1. The van der Waals surface area contributed by atoms with E-state index in [-0.39, 0.29) is 15.6 Å². The average Bonchev–Trinajstić information content (AvgIpc) is 2.55. The number of benzene rings is 2. The molecule has 0 aliphatic carbocycles. The van der Waals surface area contributed by atoms with Crippen molar-refractivity contribution in [2.45, 2.75) is 0 Å². The van der Waals surface area contributed by atoms with Gasteiger partial charge in [0, 0.05) is 23.8 Å². The molecule has 0 saturated carbocycles. The fraction of sp³-hybridized carbons (Fsp3) is 0.118. The van der Waals surface area contributed by atoms with E-state index in [4.69, 9.17) is 32.7 Å². The lowest BCUT2D eigenvalue weighted by molar-refractivity contribution is -0.111. The molecular weight excluding hydrogens is 356 g/mol. The zero-order valence-electron chi connectivity index (χ0n) is 12.9. The number of halogens is 3. The minimum atomic E-state index is -0.518. The molecule has 4 nitrogen and oxygen atoms in total. The summed E-state index contributed by atoms with van der Waals surface area (Å²) >= 11 is 12.0. The van der Waals surface area contributed by atoms with Crippen LogP contribution in [0.3, 0.4) is 0 Å². The van der Waals surface area contributed by atoms with E-state index in [0.717, 1.165) is 6.08 Å². The maximum Gasteiger partial charge on any atom is 0.248 e. The normalized spacial score (nSPS) is 10.7. The maximum absolute atomic E-state index is 13.7. The number of rotatable bonds is 5. The fourth-order valence-electron chi connectivity index (χ4n) is 1.95. The highest BCUT2D eigenvalue weighted by molar-refractivity contribution is 6.34. The number of hydrogen-bond acceptors (Lipinski definition) is 3. The molecule has 2 rings (SSSR count). The molecular formula is C17H14Cl2FNO3. The first-order valence-corrected chi connectivity index (χ1v) is 7.56. The molecule has 2 aromatic rings. The standard InChI is InChI=1S/C17H14Cl2FNO3/c1-23-15-8-12(19)14(9-16(15)24-2)21-17(22)7-6-10-11(18)4-3-5-13(10)20/h3-9H,1-2H3,(H,21,22)/b7-6+. The quantitative estimate of drug-likeness (QED) is 0.769. The van der Waals surface area contributed by atoms with Gasteiger partial charge in [-0.2, -0.15) is 0 Å². The predicted molar refractivity (Wildman–Crippen MR) is 93.6 cm³/mol. The second-order valence-electron chi connectivity index (χ2n) is 4.64. The van der Waals surface area contributed by atoms with Gasteiger partial charge in [0.2, 0.25) is 5.91 Å². The van der Waals surface area contributed by atoms with Crippen LogP contribution in [0.1, 0.15) is 5.56 Å². The van der Waals surface area contributed by atoms with Crippen LogP contribution in [0.2, 0.25) is 10.0 Å². The fourth-order valence-corrected chi connectivity index (χ4v) is 2.38. The summed E-state index contributed by atoms with van der Waals surface area (Å²) in [4.78, 5) is 12.0. The smallest absolute Gasteiger partial charge is 0.248 e. The van der Waals surface area contributed by atoms with Crippen LogP contribution in [0.25, 0.3) is 6.08 Å². The molecule has 0 aromatic heterocycles. The van der Waals surface area contributed by atoms with Crippen molar-refractivity contribution in [2.24, 2.45) is 0 Å². The van der Waals surface area contributed by atoms with Crippen LogP contribution in [0.5, 0.6) is 11.5 Å². The first kappa shape index (κ1) is 18.1. The Morgan fingerprint density at radius 3 is 2.42 bits per heavy atom. The van der Waals surface area contributed by atoms with Crippen molar-refractivity contribution in [3.8, 4) is 11.5 Å². The first-order valence-electron chi connectivity index (χ1n) is 6.81. The van der Waals surface area contributed by atoms with E-state index >= 15 is 0 Å². The molecule has 0 atom stereocenters. The monoisotopic (exact) mass is 369 g/mol. The highest BCUT2D eigenvalue weighted by Crippen LogP contribution is 2.36. The van der Waals surface area contributed by atoms with Crippen molar-refractivity contribution in [3.63, 3.8) is 0 Å². The second kappa shape index (κ2) is 8.04. The van der Waals surface area contributed by atoms with E-state index < -0.39 is 11.7 Å². The number of carbonyl (C=O) groups excluding carboxylic acids is 1. The average molecular weight is 370 g/mol. The lowest BCUT2D eigenvalue weighted by atomic mass is 10.2. The second-order valence-corrected chi connectivity index (χ2v) is 5.46. The van der Waals surface area contributed by atoms with Crippen molar-refractivity contribution < 1.29 is 18.7 Å². The molecule has 0 unspecified atom stereocenters. The van der Waals surface area contributed by atoms with Gasteiger partial charge in [0.1, 0.15) is 5.82 Å². The largest absolute Gasteiger partial charge is 0.493 e. The molecule has 126 valence electrons. The topological polar surface area (TPSA) is 47.6 Å². The summed E-state index contributed by atoms with van der Waals surface area (Å²) in [7, 11) is 2.95. The van der Waals surface area contributed by atoms with Crippen LogP contribution in [0.15, 0.2) is 36.4 Å². The molecule has 1 amide bonds. The van der Waals surface area contributed by atoms with Gasteiger partial charge in [0.25, 0.3) is 0 Å². The van der Waals surface area contributed by atoms with Crippen LogP contribution >= 0.6 is 23.2 Å². The first-order chi connectivity index (χ1) is 11.5. The molecule has 7 heteroatoms. The molecule has 0 fully saturated rings. The van der Waals surface area contributed by atoms with Gasteiger partial charge in [0.15, 0.2) is 11.5 Å². The number of methoxy groups -OCH3 is 2. The van der Waals surface area contributed by atoms with Crippen molar-refractivity contribution in [3.05, 3.63) is 57.8 Å². The van der Waals surface area contributed by atoms with Gasteiger partial charge in [-0.25, -0.2) is 4.39 Å². The SMILES string of the molecule is COc1cc(Cl)c(NC(=O)/C=C/c2c(F)cccc2Cl)cc1OC. The Kier molecular flexibility index (Phi) is 6.06. The Balaban J connectivity index is 2.20. The molecule has 0 aliphatic rings. The molecule has 0 spiro atoms. The number of ether oxygens (including phenoxy) is 2. The van der Waals surface area contributed by atoms with Crippen molar-refractivity contribution in [2.75, 3.05) is 19.5 Å². The van der Waals surface area contributed by atoms with Gasteiger partial charge in [-0.3, -0.25) is 4.79 Å². The van der Waals surface area contributed by atoms with E-state index in [9.17, 15) is 9.18 Å². The van der Waals surface area contributed by atoms with Crippen molar-refractivity contribution >= 4 is 40.9 Å². The highest BCUT2D eigenvalue weighted by atomic mass is 35.5. The third-order valence-electron chi connectivity index (χ3n) is 3.13. The predicted octanol–water partition coefficient (Wildman–Crippen LogP) is 4.80. The lowest BCUT2D eigenvalue weighted by Crippen LogP contribution is -2.08. The Hall–Kier alpha value is -2.24. The van der Waals surface area contributed by atoms with Gasteiger partial charge < -0.3 is 14.8 Å². The zero-order chi connectivity index (χ0) is 17.7. The van der Waals surface area contributed by atoms with E-state index in [1.165, 1.54) is 50.6 Å². The summed E-state index contributed by atoms with van der Waals surface area (Å²) in [5.41, 5.74) is 0.469. The van der Waals surface area contributed by atoms with Crippen LogP contribution in [0, 0.1) is 5.82 Å². The van der Waals surface area contributed by atoms with Crippen molar-refractivity contribution in [1.29, 1.82) is 0 Å². The summed E-state index contributed by atoms with van der Waals surface area (Å²) in [6.07, 6.45) is 2.46. The third kappa shape index (κ3) is 4.19. The van der Waals surface area contributed by atoms with Gasteiger partial charge in [-0.15, -0.1) is 0 Å². The third-order valence-corrected chi connectivity index (χ3v) is 3.77. The van der Waals surface area contributed by atoms with Gasteiger partial charge >= 0.3 is 0 Å². The van der Waals surface area contributed by atoms with Crippen LogP contribution in [-0.2, 0) is 4.79 Å². The van der Waals surface area contributed by atoms with Crippen LogP contribution < -0.4 is 14.8 Å². The van der Waals surface area contributed by atoms with E-state index in [2.05, 4.69) is 5.32 Å². The molecule has 0 heterocycles. The Bertz CT molecular complexity index is 773. The minimum absolute atomic E-state index is 0.132. The maximum atomic E-state index is 13.7. The minimum Gasteiger partial charge on any atom is -0.493 e. The van der Waals surface area contributed by atoms with Gasteiger partial charge in [0.05, 0.1) is 30.0 Å². The molecule has 0 bridgehead atoms. The van der Waals surface area contributed by atoms with Crippen LogP contribution in [-0.4, -0.2) is 20.1 Å². The number of hydrogen-bond donors (Lipinski definition) is 1. The Morgan fingerprint density at radius 1 is 1.12 bits per heavy atom. The summed E-state index contributed by atoms with van der Waals surface area (Å²) in [5.74, 6) is -0.161. The summed E-state index contributed by atoms with van der Waals surface area (Å²) in [6.45, 7) is 0. The molecule has 0 aliphatic heterocycles.